The number of benzene rings is 1. The largest absolute Gasteiger partial charge is 0.573 e. The van der Waals surface area contributed by atoms with Crippen molar-refractivity contribution >= 4 is 16.8 Å². The van der Waals surface area contributed by atoms with Crippen LogP contribution in [0.5, 0.6) is 5.75 Å². The monoisotopic (exact) mass is 368 g/mol. The zero-order valence-corrected chi connectivity index (χ0v) is 14.0. The highest BCUT2D eigenvalue weighted by atomic mass is 19.4. The van der Waals surface area contributed by atoms with Crippen LogP contribution in [0.15, 0.2) is 18.2 Å². The van der Waals surface area contributed by atoms with Gasteiger partial charge in [-0.25, -0.2) is 0 Å². The molecule has 3 heterocycles. The summed E-state index contributed by atoms with van der Waals surface area (Å²) in [5.74, 6) is -0.138. The van der Waals surface area contributed by atoms with Crippen molar-refractivity contribution in [2.24, 2.45) is 11.7 Å². The molecule has 0 bridgehead atoms. The minimum Gasteiger partial charge on any atom is -0.406 e. The van der Waals surface area contributed by atoms with Crippen molar-refractivity contribution in [1.29, 1.82) is 0 Å². The standard InChI is InChI=1S/C9H6F3N3O2.C8H13N/c10-9(11,12)17-4-1-2-6-5(3-4)7(8(13)16)15-14-6;1-3-8-4-6-9(8)5-2-7(1)8/h1-3H,(H2,13,16)(H,14,15);7H,1-6H2. The minimum atomic E-state index is -4.79. The van der Waals surface area contributed by atoms with E-state index in [1.165, 1.54) is 44.8 Å². The van der Waals surface area contributed by atoms with Crippen LogP contribution in [0.2, 0.25) is 0 Å². The number of aromatic amines is 1. The molecular weight excluding hydrogens is 349 g/mol. The number of hydrogen-bond acceptors (Lipinski definition) is 4. The first-order valence-electron chi connectivity index (χ1n) is 8.57. The van der Waals surface area contributed by atoms with Crippen LogP contribution in [0.3, 0.4) is 0 Å². The Morgan fingerprint density at radius 1 is 1.31 bits per heavy atom. The third-order valence-corrected chi connectivity index (χ3v) is 5.88. The first-order valence-corrected chi connectivity index (χ1v) is 8.57. The Labute approximate surface area is 147 Å². The Balaban J connectivity index is 0.000000154. The molecule has 1 aromatic carbocycles. The molecule has 1 spiro atoms. The van der Waals surface area contributed by atoms with Crippen LogP contribution in [-0.2, 0) is 0 Å². The van der Waals surface area contributed by atoms with Crippen molar-refractivity contribution in [2.45, 2.75) is 37.6 Å². The van der Waals surface area contributed by atoms with Gasteiger partial charge >= 0.3 is 6.36 Å². The zero-order valence-electron chi connectivity index (χ0n) is 14.0. The molecule has 1 saturated carbocycles. The summed E-state index contributed by atoms with van der Waals surface area (Å²) >= 11 is 0. The smallest absolute Gasteiger partial charge is 0.406 e. The average molecular weight is 368 g/mol. The highest BCUT2D eigenvalue weighted by molar-refractivity contribution is 6.04. The van der Waals surface area contributed by atoms with Crippen LogP contribution < -0.4 is 10.5 Å². The van der Waals surface area contributed by atoms with Gasteiger partial charge in [0.05, 0.1) is 5.52 Å². The van der Waals surface area contributed by atoms with E-state index in [9.17, 15) is 18.0 Å². The number of hydrogen-bond donors (Lipinski definition) is 2. The van der Waals surface area contributed by atoms with E-state index in [0.29, 0.717) is 5.52 Å². The van der Waals surface area contributed by atoms with E-state index in [-0.39, 0.29) is 11.1 Å². The van der Waals surface area contributed by atoms with Crippen LogP contribution in [0, 0.1) is 5.92 Å². The van der Waals surface area contributed by atoms with Crippen molar-refractivity contribution in [1.82, 2.24) is 15.1 Å². The lowest BCUT2D eigenvalue weighted by molar-refractivity contribution is -0.274. The SMILES string of the molecule is C1CN2CCC23CCC13.NC(=O)c1n[nH]c2ccc(OC(F)(F)F)cc12. The number of carbonyl (C=O) groups is 1. The maximum absolute atomic E-state index is 12.0. The van der Waals surface area contributed by atoms with Crippen molar-refractivity contribution in [3.05, 3.63) is 23.9 Å². The number of primary amides is 1. The highest BCUT2D eigenvalue weighted by Gasteiger charge is 2.59. The molecule has 0 radical (unpaired) electrons. The molecule has 1 amide bonds. The highest BCUT2D eigenvalue weighted by Crippen LogP contribution is 2.57. The van der Waals surface area contributed by atoms with Crippen molar-refractivity contribution in [3.63, 3.8) is 0 Å². The molecule has 2 saturated heterocycles. The molecule has 3 N–H and O–H groups in total. The molecule has 1 aromatic heterocycles. The summed E-state index contributed by atoms with van der Waals surface area (Å²) in [7, 11) is 0. The number of nitrogens with zero attached hydrogens (tertiary/aromatic N) is 2. The Hall–Kier alpha value is -2.29. The van der Waals surface area contributed by atoms with Crippen molar-refractivity contribution < 1.29 is 22.7 Å². The number of aromatic nitrogens is 2. The zero-order chi connectivity index (χ0) is 18.5. The molecule has 1 aliphatic carbocycles. The number of H-pyrrole nitrogens is 1. The Bertz CT molecular complexity index is 830. The summed E-state index contributed by atoms with van der Waals surface area (Å²) in [4.78, 5) is 13.7. The first-order chi connectivity index (χ1) is 12.3. The summed E-state index contributed by atoms with van der Waals surface area (Å²) in [6, 6.07) is 3.47. The van der Waals surface area contributed by atoms with Gasteiger partial charge in [0.25, 0.3) is 5.91 Å². The number of halogens is 3. The van der Waals surface area contributed by atoms with E-state index in [1.54, 1.807) is 0 Å². The van der Waals surface area contributed by atoms with Crippen LogP contribution in [0.1, 0.15) is 36.2 Å². The second-order valence-corrected chi connectivity index (χ2v) is 7.06. The van der Waals surface area contributed by atoms with Gasteiger partial charge in [0.2, 0.25) is 0 Å². The van der Waals surface area contributed by atoms with E-state index < -0.39 is 18.0 Å². The van der Waals surface area contributed by atoms with Gasteiger partial charge in [0.15, 0.2) is 5.69 Å². The fraction of sp³-hybridized carbons (Fsp3) is 0.529. The Morgan fingerprint density at radius 3 is 2.62 bits per heavy atom. The number of alkyl halides is 3. The summed E-state index contributed by atoms with van der Waals surface area (Å²) in [6.07, 6.45) is 1.32. The van der Waals surface area contributed by atoms with Crippen LogP contribution in [-0.4, -0.2) is 46.0 Å². The number of rotatable bonds is 2. The molecular formula is C17H19F3N4O2. The number of carbonyl (C=O) groups excluding carboxylic acids is 1. The lowest BCUT2D eigenvalue weighted by Gasteiger charge is -2.58. The molecule has 2 unspecified atom stereocenters. The minimum absolute atomic E-state index is 0.132. The van der Waals surface area contributed by atoms with Gasteiger partial charge < -0.3 is 10.5 Å². The summed E-state index contributed by atoms with van der Waals surface area (Å²) in [6.45, 7) is 2.83. The lowest BCUT2D eigenvalue weighted by atomic mass is 9.62. The van der Waals surface area contributed by atoms with E-state index in [0.717, 1.165) is 23.6 Å². The second-order valence-electron chi connectivity index (χ2n) is 7.06. The van der Waals surface area contributed by atoms with Gasteiger partial charge in [-0.3, -0.25) is 14.8 Å². The molecule has 3 aliphatic rings. The predicted molar refractivity (Wildman–Crippen MR) is 87.6 cm³/mol. The van der Waals surface area contributed by atoms with Gasteiger partial charge in [-0.15, -0.1) is 13.2 Å². The summed E-state index contributed by atoms with van der Waals surface area (Å²) in [5, 5.41) is 6.25. The van der Waals surface area contributed by atoms with Crippen LogP contribution >= 0.6 is 0 Å². The number of amides is 1. The maximum atomic E-state index is 12.0. The van der Waals surface area contributed by atoms with Gasteiger partial charge in [-0.05, 0) is 56.3 Å². The van der Waals surface area contributed by atoms with Crippen LogP contribution in [0.25, 0.3) is 10.9 Å². The summed E-state index contributed by atoms with van der Waals surface area (Å²) in [5.41, 5.74) is 6.09. The molecule has 26 heavy (non-hydrogen) atoms. The van der Waals surface area contributed by atoms with E-state index in [1.807, 2.05) is 0 Å². The summed E-state index contributed by atoms with van der Waals surface area (Å²) < 4.78 is 39.7. The third-order valence-electron chi connectivity index (χ3n) is 5.88. The fourth-order valence-electron chi connectivity index (χ4n) is 4.42. The van der Waals surface area contributed by atoms with Gasteiger partial charge in [0.1, 0.15) is 5.75 Å². The van der Waals surface area contributed by atoms with Gasteiger partial charge in [-0.2, -0.15) is 5.10 Å². The van der Waals surface area contributed by atoms with E-state index in [4.69, 9.17) is 5.73 Å². The Kier molecular flexibility index (Phi) is 3.87. The molecule has 2 aromatic rings. The molecule has 9 heteroatoms. The van der Waals surface area contributed by atoms with Crippen molar-refractivity contribution in [2.75, 3.05) is 13.1 Å². The second kappa shape index (κ2) is 5.87. The molecule has 5 rings (SSSR count). The fourth-order valence-corrected chi connectivity index (χ4v) is 4.42. The van der Waals surface area contributed by atoms with Gasteiger partial charge in [-0.1, -0.05) is 0 Å². The molecule has 2 aliphatic heterocycles. The van der Waals surface area contributed by atoms with E-state index >= 15 is 0 Å². The number of nitrogens with one attached hydrogen (secondary N) is 1. The maximum Gasteiger partial charge on any atom is 0.573 e. The molecule has 6 nitrogen and oxygen atoms in total. The lowest BCUT2D eigenvalue weighted by Crippen LogP contribution is -2.63. The van der Waals surface area contributed by atoms with Gasteiger partial charge in [0, 0.05) is 17.5 Å². The van der Waals surface area contributed by atoms with Crippen molar-refractivity contribution in [3.8, 4) is 5.75 Å². The predicted octanol–water partition coefficient (Wildman–Crippen LogP) is 2.81. The number of ether oxygens (including phenoxy) is 1. The topological polar surface area (TPSA) is 84.2 Å². The molecule has 2 atom stereocenters. The van der Waals surface area contributed by atoms with Crippen LogP contribution in [0.4, 0.5) is 13.2 Å². The number of nitrogens with two attached hydrogens (primary N) is 1. The third kappa shape index (κ3) is 2.80. The molecule has 140 valence electrons. The first kappa shape index (κ1) is 17.1. The molecule has 3 fully saturated rings. The van der Waals surface area contributed by atoms with E-state index in [2.05, 4.69) is 19.8 Å². The normalized spacial score (nSPS) is 26.8. The average Bonchev–Trinajstić information content (AvgIpc) is 2.97. The number of fused-ring (bicyclic) bond motifs is 1. The quantitative estimate of drug-likeness (QED) is 0.854. The Morgan fingerprint density at radius 2 is 2.12 bits per heavy atom.